The quantitative estimate of drug-likeness (QED) is 0.198. The van der Waals surface area contributed by atoms with Gasteiger partial charge >= 0.3 is 6.18 Å². The third kappa shape index (κ3) is 20.5. The largest absolute Gasteiger partial charge is 0.417 e. The molecular weight excluding hydrogens is 1340 g/mol. The van der Waals surface area contributed by atoms with E-state index in [9.17, 15) is 61.1 Å². The summed E-state index contributed by atoms with van der Waals surface area (Å²) in [4.78, 5) is 192. The van der Waals surface area contributed by atoms with Crippen LogP contribution >= 0.6 is 22.9 Å². The van der Waals surface area contributed by atoms with E-state index in [4.69, 9.17) is 11.6 Å². The minimum atomic E-state index is -4.79. The third-order valence-corrected chi connectivity index (χ3v) is 20.4. The minimum absolute atomic E-state index is 0.0680. The summed E-state index contributed by atoms with van der Waals surface area (Å²) < 4.78 is 41.6. The van der Waals surface area contributed by atoms with E-state index >= 15 is 9.59 Å². The zero-order valence-electron chi connectivity index (χ0n) is 60.8. The predicted octanol–water partition coefficient (Wildman–Crippen LogP) is 4.69. The first kappa shape index (κ1) is 82.5. The number of amides is 12. The summed E-state index contributed by atoms with van der Waals surface area (Å²) in [6.45, 7) is 14.8. The molecule has 2 aliphatic rings. The number of hydrogen-bond donors (Lipinski definition) is 3. The van der Waals surface area contributed by atoms with Gasteiger partial charge in [0.1, 0.15) is 60.4 Å². The number of rotatable bonds is 14. The number of aryl methyl sites for hydroxylation is 2. The number of alkyl halides is 3. The maximum atomic E-state index is 15.2. The maximum Gasteiger partial charge on any atom is 0.417 e. The number of aromatic nitrogens is 1. The molecule has 25 nitrogen and oxygen atoms in total. The number of fused-ring (bicyclic) bond motifs is 1. The number of likely N-dealkylation sites (N-methyl/N-ethyl adjacent to an activating group) is 8. The predicted molar refractivity (Wildman–Crippen MR) is 371 cm³/mol. The van der Waals surface area contributed by atoms with Gasteiger partial charge in [0.25, 0.3) is 0 Å². The lowest BCUT2D eigenvalue weighted by atomic mass is 9.94. The van der Waals surface area contributed by atoms with Crippen molar-refractivity contribution in [3.63, 3.8) is 0 Å². The molecule has 3 aromatic rings. The van der Waals surface area contributed by atoms with Gasteiger partial charge in [-0.2, -0.15) is 13.2 Å². The van der Waals surface area contributed by atoms with Crippen molar-refractivity contribution in [1.82, 2.24) is 65.0 Å². The molecule has 2 aliphatic heterocycles. The molecule has 0 saturated carbocycles. The van der Waals surface area contributed by atoms with Crippen LogP contribution in [0.3, 0.4) is 0 Å². The third-order valence-electron chi connectivity index (χ3n) is 19.5. The zero-order chi connectivity index (χ0) is 75.3. The van der Waals surface area contributed by atoms with Crippen LogP contribution in [0.5, 0.6) is 0 Å². The SMILES string of the molecule is CC[C@H](C)[C@@H]1NC(=O)[C@H](CC(C)C)N(C)C(=O)C[C@@H](C(=O)N(C)C)N(C)C(=O)[C@H]([C@@H](C)CC)N(C)C(=O)[C@H](C)NC(=O)[C@H](Cc2cscn2)N(C)C(=O)[C@H](CCc2ccc(C(F)(F)F)c(Cl)c2)NC(=O)CN(C)C(=O)[C@H](Cc2ccc(C)cc2)N(C)C(=O)[C@@H]2CCN2C(=O)[C@H](C)N(C)C1=O. The molecule has 0 spiro atoms. The summed E-state index contributed by atoms with van der Waals surface area (Å²) in [7, 11) is 12.3. The molecule has 5 rings (SSSR count). The summed E-state index contributed by atoms with van der Waals surface area (Å²) in [6.07, 6.45) is -5.24. The van der Waals surface area contributed by atoms with E-state index < -0.39 is 173 Å². The lowest BCUT2D eigenvalue weighted by molar-refractivity contribution is -0.160. The topological polar surface area (TPSA) is 283 Å². The first-order valence-corrected chi connectivity index (χ1v) is 35.0. The molecule has 30 heteroatoms. The number of carbonyl (C=O) groups excluding carboxylic acids is 12. The van der Waals surface area contributed by atoms with Gasteiger partial charge in [-0.25, -0.2) is 4.98 Å². The van der Waals surface area contributed by atoms with Crippen LogP contribution in [0.4, 0.5) is 13.2 Å². The molecule has 12 amide bonds. The molecule has 0 bridgehead atoms. The molecule has 2 aromatic carbocycles. The van der Waals surface area contributed by atoms with E-state index in [1.54, 1.807) is 38.3 Å². The van der Waals surface area contributed by atoms with Crippen molar-refractivity contribution < 1.29 is 70.7 Å². The van der Waals surface area contributed by atoms with Crippen LogP contribution in [0, 0.1) is 24.7 Å². The molecule has 552 valence electrons. The second kappa shape index (κ2) is 35.9. The molecule has 100 heavy (non-hydrogen) atoms. The first-order valence-electron chi connectivity index (χ1n) is 33.7. The standard InChI is InChI=1S/C70H101ClF3N13O12S/c1-19-41(6)58-68(98)81(13)44(9)63(93)87-30-29-51(87)67(97)84(16)54(33-46-23-21-40(5)22-24-46)66(96)80(12)36-56(88)77-50(28-26-45-25-27-48(49(71)32-45)70(72,73)74)64(94)83(15)53(34-47-37-100-38-75-47)60(90)76-43(8)62(92)86(18)59(42(7)20-2)69(99)85(17)55(65(95)79(10)11)35-57(89)82(14)52(31-39(3)4)61(91)78-58/h21-25,27,32,37-39,41-44,50-55,58-59H,19-20,26,28-31,33-36H2,1-18H3,(H,76,90)(H,77,88)(H,78,91)/t41-,42-,43-,44-,50-,51-,52-,53-,54-,55-,58-,59-/m0/s1. The van der Waals surface area contributed by atoms with Crippen LogP contribution in [0.25, 0.3) is 0 Å². The Morgan fingerprint density at radius 2 is 1.28 bits per heavy atom. The van der Waals surface area contributed by atoms with Crippen LogP contribution in [0.1, 0.15) is 122 Å². The Morgan fingerprint density at radius 3 is 1.82 bits per heavy atom. The molecule has 3 N–H and O–H groups in total. The summed E-state index contributed by atoms with van der Waals surface area (Å²) in [5, 5.41) is 9.27. The van der Waals surface area contributed by atoms with Gasteiger partial charge in [-0.3, -0.25) is 57.5 Å². The van der Waals surface area contributed by atoms with Crippen molar-refractivity contribution in [3.8, 4) is 0 Å². The van der Waals surface area contributed by atoms with E-state index in [2.05, 4.69) is 20.9 Å². The average molecular weight is 1440 g/mol. The second-order valence-corrected chi connectivity index (χ2v) is 28.5. The average Bonchev–Trinajstić information content (AvgIpc) is 0.863. The molecule has 2 fully saturated rings. The van der Waals surface area contributed by atoms with Crippen molar-refractivity contribution >= 4 is 93.8 Å². The van der Waals surface area contributed by atoms with Gasteiger partial charge in [0.15, 0.2) is 0 Å². The fourth-order valence-corrected chi connectivity index (χ4v) is 13.2. The van der Waals surface area contributed by atoms with Crippen molar-refractivity contribution in [2.24, 2.45) is 17.8 Å². The van der Waals surface area contributed by atoms with Crippen LogP contribution in [0.15, 0.2) is 53.4 Å². The van der Waals surface area contributed by atoms with Crippen molar-refractivity contribution in [1.29, 1.82) is 0 Å². The normalized spacial score (nSPS) is 25.0. The Kier molecular flexibility index (Phi) is 29.6. The number of benzene rings is 2. The monoisotopic (exact) mass is 1440 g/mol. The second-order valence-electron chi connectivity index (χ2n) is 27.4. The van der Waals surface area contributed by atoms with Gasteiger partial charge in [0.2, 0.25) is 70.9 Å². The number of hydrogen-bond acceptors (Lipinski definition) is 14. The van der Waals surface area contributed by atoms with Crippen molar-refractivity contribution in [3.05, 3.63) is 86.3 Å². The summed E-state index contributed by atoms with van der Waals surface area (Å²) in [5.41, 5.74) is 2.51. The van der Waals surface area contributed by atoms with E-state index in [1.807, 2.05) is 39.8 Å². The summed E-state index contributed by atoms with van der Waals surface area (Å²) >= 11 is 7.33. The molecular formula is C70H101ClF3N13O12S. The maximum absolute atomic E-state index is 15.2. The Balaban J connectivity index is 1.66. The van der Waals surface area contributed by atoms with E-state index in [1.165, 1.54) is 125 Å². The minimum Gasteiger partial charge on any atom is -0.347 e. The highest BCUT2D eigenvalue weighted by Gasteiger charge is 2.47. The molecule has 0 unspecified atom stereocenters. The molecule has 3 heterocycles. The lowest BCUT2D eigenvalue weighted by Gasteiger charge is -2.45. The van der Waals surface area contributed by atoms with Gasteiger partial charge in [-0.05, 0) is 87.5 Å². The van der Waals surface area contributed by atoms with E-state index in [0.29, 0.717) is 24.1 Å². The van der Waals surface area contributed by atoms with Gasteiger partial charge in [0.05, 0.1) is 34.8 Å². The number of nitrogens with zero attached hydrogens (tertiary/aromatic N) is 10. The van der Waals surface area contributed by atoms with Gasteiger partial charge in [-0.15, -0.1) is 11.3 Å². The van der Waals surface area contributed by atoms with Crippen molar-refractivity contribution in [2.75, 3.05) is 76.5 Å². The fraction of sp³-hybridized carbons (Fsp3) is 0.614. The molecule has 0 radical (unpaired) electrons. The molecule has 1 aromatic heterocycles. The smallest absolute Gasteiger partial charge is 0.347 e. The lowest BCUT2D eigenvalue weighted by Crippen LogP contribution is -2.65. The van der Waals surface area contributed by atoms with E-state index in [0.717, 1.165) is 37.3 Å². The highest BCUT2D eigenvalue weighted by Crippen LogP contribution is 2.35. The number of halogens is 4. The fourth-order valence-electron chi connectivity index (χ4n) is 12.3. The van der Waals surface area contributed by atoms with Gasteiger partial charge < -0.3 is 60.0 Å². The van der Waals surface area contributed by atoms with E-state index in [-0.39, 0.29) is 56.6 Å². The summed E-state index contributed by atoms with van der Waals surface area (Å²) in [5.74, 6) is -10.3. The number of nitrogens with one attached hydrogen (secondary N) is 3. The van der Waals surface area contributed by atoms with Crippen LogP contribution < -0.4 is 16.0 Å². The van der Waals surface area contributed by atoms with Crippen LogP contribution in [-0.2, 0) is 83.0 Å². The number of carbonyl (C=O) groups is 12. The Hall–Kier alpha value is -8.21. The molecule has 12 atom stereocenters. The van der Waals surface area contributed by atoms with Gasteiger partial charge in [0, 0.05) is 88.2 Å². The van der Waals surface area contributed by atoms with Crippen LogP contribution in [0.2, 0.25) is 5.02 Å². The zero-order valence-corrected chi connectivity index (χ0v) is 62.3. The highest BCUT2D eigenvalue weighted by atomic mass is 35.5. The highest BCUT2D eigenvalue weighted by molar-refractivity contribution is 7.07. The number of thiazole rings is 1. The Labute approximate surface area is 594 Å². The summed E-state index contributed by atoms with van der Waals surface area (Å²) in [6, 6.07) is -3.15. The van der Waals surface area contributed by atoms with Gasteiger partial charge in [-0.1, -0.05) is 102 Å². The first-order chi connectivity index (χ1) is 46.7. The molecule has 0 aliphatic carbocycles. The Bertz CT molecular complexity index is 3440. The van der Waals surface area contributed by atoms with Crippen molar-refractivity contribution in [2.45, 2.75) is 187 Å². The Morgan fingerprint density at radius 1 is 0.680 bits per heavy atom. The molecule has 2 saturated heterocycles. The van der Waals surface area contributed by atoms with Crippen LogP contribution in [-0.4, -0.2) is 257 Å².